The van der Waals surface area contributed by atoms with E-state index >= 15 is 0 Å². The molecule has 0 aliphatic heterocycles. The fraction of sp³-hybridized carbons (Fsp3) is 0.463. The standard InChI is InChI=1S/C41H52BrN3O7/c1-5-6-7-10-28-15-21-33(22-16-28)44-38(47)36(45-37(46)31-19-13-30(14-20-31)26-43-39(48)52-41(2,3)4)25-29-17-23-34(24-18-29)51-40(49)50-27-32-11-8-9-12-35(32)42/h8-9,11-12,15-18,21-24,30-31,36H,5-7,10,13-14,19-20,25-27H2,1-4H3,(H,43,48)(H,44,47)(H,45,46)/t30?,31?,36-/m0/s1. The van der Waals surface area contributed by atoms with Gasteiger partial charge in [-0.1, -0.05) is 78.2 Å². The highest BCUT2D eigenvalue weighted by Gasteiger charge is 2.30. The summed E-state index contributed by atoms with van der Waals surface area (Å²) < 4.78 is 16.8. The molecule has 3 amide bonds. The summed E-state index contributed by atoms with van der Waals surface area (Å²) in [7, 11) is 0. The third-order valence-electron chi connectivity index (χ3n) is 8.94. The van der Waals surface area contributed by atoms with E-state index in [4.69, 9.17) is 14.2 Å². The van der Waals surface area contributed by atoms with Crippen LogP contribution >= 0.6 is 15.9 Å². The van der Waals surface area contributed by atoms with Crippen molar-refractivity contribution in [3.8, 4) is 5.75 Å². The second-order valence-electron chi connectivity index (χ2n) is 14.4. The van der Waals surface area contributed by atoms with Gasteiger partial charge < -0.3 is 30.2 Å². The minimum atomic E-state index is -0.843. The monoisotopic (exact) mass is 777 g/mol. The maximum absolute atomic E-state index is 13.7. The first-order chi connectivity index (χ1) is 24.9. The van der Waals surface area contributed by atoms with Crippen molar-refractivity contribution in [1.29, 1.82) is 0 Å². The van der Waals surface area contributed by atoms with Gasteiger partial charge in [-0.2, -0.15) is 0 Å². The van der Waals surface area contributed by atoms with Gasteiger partial charge in [0.05, 0.1) is 0 Å². The molecule has 1 aliphatic carbocycles. The van der Waals surface area contributed by atoms with Crippen molar-refractivity contribution in [3.05, 3.63) is 94.0 Å². The Morgan fingerprint density at radius 3 is 2.19 bits per heavy atom. The topological polar surface area (TPSA) is 132 Å². The number of hydrogen-bond acceptors (Lipinski definition) is 7. The Labute approximate surface area is 315 Å². The van der Waals surface area contributed by atoms with Gasteiger partial charge >= 0.3 is 12.2 Å². The largest absolute Gasteiger partial charge is 0.514 e. The van der Waals surface area contributed by atoms with Gasteiger partial charge in [-0.3, -0.25) is 9.59 Å². The van der Waals surface area contributed by atoms with Gasteiger partial charge in [-0.05, 0) is 107 Å². The van der Waals surface area contributed by atoms with Crippen molar-refractivity contribution in [1.82, 2.24) is 10.6 Å². The lowest BCUT2D eigenvalue weighted by molar-refractivity contribution is -0.130. The number of ether oxygens (including phenoxy) is 3. The number of carbonyl (C=O) groups is 4. The number of carbonyl (C=O) groups excluding carboxylic acids is 4. The molecule has 3 N–H and O–H groups in total. The third kappa shape index (κ3) is 14.0. The van der Waals surface area contributed by atoms with Gasteiger partial charge in [0.2, 0.25) is 11.8 Å². The van der Waals surface area contributed by atoms with E-state index in [1.807, 2.05) is 69.3 Å². The van der Waals surface area contributed by atoms with Crippen LogP contribution in [0.5, 0.6) is 5.75 Å². The number of halogens is 1. The Hall–Kier alpha value is -4.38. The molecule has 0 aromatic heterocycles. The van der Waals surface area contributed by atoms with Gasteiger partial charge in [-0.15, -0.1) is 0 Å². The summed E-state index contributed by atoms with van der Waals surface area (Å²) in [5.74, 6) is -0.188. The number of amides is 3. The lowest BCUT2D eigenvalue weighted by atomic mass is 9.81. The van der Waals surface area contributed by atoms with Crippen molar-refractivity contribution in [2.75, 3.05) is 11.9 Å². The maximum atomic E-state index is 13.7. The molecule has 52 heavy (non-hydrogen) atoms. The van der Waals surface area contributed by atoms with Gasteiger partial charge in [0.15, 0.2) is 0 Å². The SMILES string of the molecule is CCCCCc1ccc(NC(=O)[C@H](Cc2ccc(OC(=O)OCc3ccccc3Br)cc2)NC(=O)C2CCC(CNC(=O)OC(C)(C)C)CC2)cc1. The van der Waals surface area contributed by atoms with E-state index < -0.39 is 23.9 Å². The summed E-state index contributed by atoms with van der Waals surface area (Å²) in [6, 6.07) is 21.2. The van der Waals surface area contributed by atoms with Crippen molar-refractivity contribution < 1.29 is 33.4 Å². The molecule has 3 aromatic rings. The van der Waals surface area contributed by atoms with Gasteiger partial charge in [0.25, 0.3) is 0 Å². The molecule has 0 spiro atoms. The van der Waals surface area contributed by atoms with E-state index in [9.17, 15) is 19.2 Å². The summed E-state index contributed by atoms with van der Waals surface area (Å²) in [6.45, 7) is 8.20. The molecule has 0 unspecified atom stereocenters. The number of alkyl carbamates (subject to hydrolysis) is 1. The second kappa shape index (κ2) is 20.0. The minimum absolute atomic E-state index is 0.0566. The molecule has 1 fully saturated rings. The number of rotatable bonds is 15. The Morgan fingerprint density at radius 2 is 1.54 bits per heavy atom. The zero-order chi connectivity index (χ0) is 37.5. The van der Waals surface area contributed by atoms with Crippen LogP contribution in [-0.2, 0) is 38.5 Å². The van der Waals surface area contributed by atoms with E-state index in [-0.39, 0.29) is 36.7 Å². The van der Waals surface area contributed by atoms with Crippen LogP contribution in [0, 0.1) is 11.8 Å². The number of hydrogen-bond donors (Lipinski definition) is 3. The van der Waals surface area contributed by atoms with E-state index in [0.717, 1.165) is 47.7 Å². The molecule has 0 heterocycles. The van der Waals surface area contributed by atoms with Crippen LogP contribution in [-0.4, -0.2) is 42.3 Å². The highest BCUT2D eigenvalue weighted by Crippen LogP contribution is 2.29. The molecule has 0 radical (unpaired) electrons. The van der Waals surface area contributed by atoms with Crippen LogP contribution in [0.4, 0.5) is 15.3 Å². The molecule has 1 saturated carbocycles. The predicted octanol–water partition coefficient (Wildman–Crippen LogP) is 8.89. The Bertz CT molecular complexity index is 1610. The molecule has 11 heteroatoms. The van der Waals surface area contributed by atoms with Crippen LogP contribution in [0.3, 0.4) is 0 Å². The fourth-order valence-corrected chi connectivity index (χ4v) is 6.44. The van der Waals surface area contributed by atoms with Gasteiger partial charge in [0, 0.05) is 34.6 Å². The lowest BCUT2D eigenvalue weighted by Gasteiger charge is -2.29. The number of unbranched alkanes of at least 4 members (excludes halogenated alkanes) is 2. The summed E-state index contributed by atoms with van der Waals surface area (Å²) in [6.07, 6.45) is 6.27. The zero-order valence-electron chi connectivity index (χ0n) is 30.7. The van der Waals surface area contributed by atoms with Crippen LogP contribution in [0.1, 0.15) is 89.3 Å². The van der Waals surface area contributed by atoms with Gasteiger partial charge in [-0.25, -0.2) is 9.59 Å². The normalized spacial score (nSPS) is 16.2. The number of aryl methyl sites for hydroxylation is 1. The summed E-state index contributed by atoms with van der Waals surface area (Å²) in [5.41, 5.74) is 2.90. The van der Waals surface area contributed by atoms with Crippen LogP contribution in [0.15, 0.2) is 77.3 Å². The third-order valence-corrected chi connectivity index (χ3v) is 9.72. The highest BCUT2D eigenvalue weighted by atomic mass is 79.9. The number of benzene rings is 3. The lowest BCUT2D eigenvalue weighted by Crippen LogP contribution is -2.48. The summed E-state index contributed by atoms with van der Waals surface area (Å²) in [4.78, 5) is 51.7. The fourth-order valence-electron chi connectivity index (χ4n) is 6.04. The zero-order valence-corrected chi connectivity index (χ0v) is 32.3. The van der Waals surface area contributed by atoms with E-state index in [2.05, 4.69) is 38.8 Å². The average molecular weight is 779 g/mol. The predicted molar refractivity (Wildman–Crippen MR) is 205 cm³/mol. The van der Waals surface area contributed by atoms with Crippen LogP contribution in [0.2, 0.25) is 0 Å². The van der Waals surface area contributed by atoms with Crippen LogP contribution in [0.25, 0.3) is 0 Å². The summed E-state index contributed by atoms with van der Waals surface area (Å²) >= 11 is 3.44. The molecule has 280 valence electrons. The maximum Gasteiger partial charge on any atom is 0.514 e. The molecule has 3 aromatic carbocycles. The highest BCUT2D eigenvalue weighted by molar-refractivity contribution is 9.10. The van der Waals surface area contributed by atoms with Crippen LogP contribution < -0.4 is 20.7 Å². The molecule has 10 nitrogen and oxygen atoms in total. The second-order valence-corrected chi connectivity index (χ2v) is 15.2. The number of nitrogens with one attached hydrogen (secondary N) is 3. The van der Waals surface area contributed by atoms with Crippen molar-refractivity contribution in [3.63, 3.8) is 0 Å². The molecule has 0 saturated heterocycles. The molecule has 4 rings (SSSR count). The quantitative estimate of drug-likeness (QED) is 0.0798. The Balaban J connectivity index is 1.35. The first-order valence-corrected chi connectivity index (χ1v) is 19.0. The Morgan fingerprint density at radius 1 is 0.865 bits per heavy atom. The van der Waals surface area contributed by atoms with Crippen molar-refractivity contribution in [2.24, 2.45) is 11.8 Å². The molecular weight excluding hydrogens is 726 g/mol. The van der Waals surface area contributed by atoms with E-state index in [1.54, 1.807) is 24.3 Å². The van der Waals surface area contributed by atoms with E-state index in [1.165, 1.54) is 12.0 Å². The van der Waals surface area contributed by atoms with E-state index in [0.29, 0.717) is 30.8 Å². The smallest absolute Gasteiger partial charge is 0.444 e. The first-order valence-electron chi connectivity index (χ1n) is 18.2. The average Bonchev–Trinajstić information content (AvgIpc) is 3.11. The molecular formula is C41H52BrN3O7. The number of anilines is 1. The minimum Gasteiger partial charge on any atom is -0.444 e. The molecule has 0 bridgehead atoms. The van der Waals surface area contributed by atoms with Crippen molar-refractivity contribution in [2.45, 2.75) is 104 Å². The molecule has 1 aliphatic rings. The molecule has 1 atom stereocenters. The summed E-state index contributed by atoms with van der Waals surface area (Å²) in [5, 5.41) is 8.86. The first kappa shape index (κ1) is 40.4. The van der Waals surface area contributed by atoms with Gasteiger partial charge in [0.1, 0.15) is 24.0 Å². The Kier molecular flexibility index (Phi) is 15.5. The van der Waals surface area contributed by atoms with Crippen molar-refractivity contribution >= 4 is 45.7 Å².